The summed E-state index contributed by atoms with van der Waals surface area (Å²) >= 11 is 1.89. The average molecular weight is 275 g/mol. The summed E-state index contributed by atoms with van der Waals surface area (Å²) in [5.74, 6) is 0. The van der Waals surface area contributed by atoms with Crippen LogP contribution in [0.1, 0.15) is 62.9 Å². The molecular weight excluding hydrogens is 250 g/mol. The molecule has 0 atom stereocenters. The number of thiazole rings is 1. The molecule has 0 radical (unpaired) electrons. The summed E-state index contributed by atoms with van der Waals surface area (Å²) in [5, 5.41) is 1.33. The first kappa shape index (κ1) is 14.5. The van der Waals surface area contributed by atoms with E-state index in [0.29, 0.717) is 0 Å². The van der Waals surface area contributed by atoms with Crippen molar-refractivity contribution in [3.63, 3.8) is 0 Å². The maximum absolute atomic E-state index is 4.88. The first-order valence-electron chi connectivity index (χ1n) is 7.72. The first-order valence-corrected chi connectivity index (χ1v) is 8.54. The van der Waals surface area contributed by atoms with Crippen molar-refractivity contribution in [2.24, 2.45) is 0 Å². The highest BCUT2D eigenvalue weighted by Crippen LogP contribution is 2.27. The van der Waals surface area contributed by atoms with Crippen LogP contribution >= 0.6 is 11.3 Å². The third-order valence-electron chi connectivity index (χ3n) is 3.59. The Balaban J connectivity index is 2.09. The second-order valence-electron chi connectivity index (χ2n) is 5.29. The minimum atomic E-state index is 1.15. The molecule has 0 aliphatic heterocycles. The molecule has 1 nitrogen and oxygen atoms in total. The molecule has 1 aromatic heterocycles. The van der Waals surface area contributed by atoms with E-state index in [-0.39, 0.29) is 0 Å². The number of aromatic nitrogens is 1. The molecule has 1 aromatic carbocycles. The van der Waals surface area contributed by atoms with Crippen LogP contribution in [0.3, 0.4) is 0 Å². The van der Waals surface area contributed by atoms with Gasteiger partial charge >= 0.3 is 0 Å². The molecule has 0 unspecified atom stereocenters. The van der Waals surface area contributed by atoms with Gasteiger partial charge in [-0.1, -0.05) is 51.7 Å². The minimum absolute atomic E-state index is 1.15. The molecule has 19 heavy (non-hydrogen) atoms. The van der Waals surface area contributed by atoms with Crippen molar-refractivity contribution in [3.8, 4) is 0 Å². The molecular formula is C17H25NS. The molecule has 0 bridgehead atoms. The third kappa shape index (κ3) is 4.04. The average Bonchev–Trinajstić information content (AvgIpc) is 2.83. The van der Waals surface area contributed by atoms with Crippen LogP contribution in [0, 0.1) is 0 Å². The normalized spacial score (nSPS) is 11.3. The lowest BCUT2D eigenvalue weighted by Crippen LogP contribution is -1.88. The standard InChI is InChI=1S/C17H25NS/c1-3-5-7-10-14-11-9-12-15-17(14)18-16(19-15)13-8-6-4-2/h9,11-12H,3-8,10,13H2,1-2H3. The largest absolute Gasteiger partial charge is 0.241 e. The van der Waals surface area contributed by atoms with Gasteiger partial charge in [0, 0.05) is 0 Å². The molecule has 0 fully saturated rings. The van der Waals surface area contributed by atoms with E-state index in [2.05, 4.69) is 32.0 Å². The first-order chi connectivity index (χ1) is 9.35. The van der Waals surface area contributed by atoms with E-state index in [0.717, 1.165) is 6.42 Å². The van der Waals surface area contributed by atoms with E-state index < -0.39 is 0 Å². The quantitative estimate of drug-likeness (QED) is 0.558. The smallest absolute Gasteiger partial charge is 0.0938 e. The summed E-state index contributed by atoms with van der Waals surface area (Å²) < 4.78 is 1.38. The fourth-order valence-electron chi connectivity index (χ4n) is 2.45. The van der Waals surface area contributed by atoms with E-state index in [9.17, 15) is 0 Å². The zero-order chi connectivity index (χ0) is 13.5. The Bertz CT molecular complexity index is 501. The molecule has 2 heteroatoms. The summed E-state index contributed by atoms with van der Waals surface area (Å²) in [6, 6.07) is 6.67. The minimum Gasteiger partial charge on any atom is -0.241 e. The summed E-state index contributed by atoms with van der Waals surface area (Å²) in [7, 11) is 0. The van der Waals surface area contributed by atoms with Crippen molar-refractivity contribution in [1.82, 2.24) is 4.98 Å². The van der Waals surface area contributed by atoms with Crippen LogP contribution in [0.5, 0.6) is 0 Å². The number of aryl methyl sites for hydroxylation is 2. The number of unbranched alkanes of at least 4 members (excludes halogenated alkanes) is 4. The molecule has 104 valence electrons. The van der Waals surface area contributed by atoms with Gasteiger partial charge in [0.05, 0.1) is 15.2 Å². The fourth-order valence-corrected chi connectivity index (χ4v) is 3.51. The van der Waals surface area contributed by atoms with Gasteiger partial charge in [0.15, 0.2) is 0 Å². The van der Waals surface area contributed by atoms with Gasteiger partial charge in [-0.2, -0.15) is 0 Å². The van der Waals surface area contributed by atoms with Gasteiger partial charge in [-0.25, -0.2) is 4.98 Å². The zero-order valence-electron chi connectivity index (χ0n) is 12.2. The molecule has 2 aromatic rings. The number of para-hydroxylation sites is 1. The Labute approximate surface area is 121 Å². The van der Waals surface area contributed by atoms with E-state index in [4.69, 9.17) is 4.98 Å². The van der Waals surface area contributed by atoms with Crippen molar-refractivity contribution in [2.75, 3.05) is 0 Å². The molecule has 0 amide bonds. The molecule has 0 saturated heterocycles. The monoisotopic (exact) mass is 275 g/mol. The number of hydrogen-bond donors (Lipinski definition) is 0. The summed E-state index contributed by atoms with van der Waals surface area (Å²) in [5.41, 5.74) is 2.72. The Morgan fingerprint density at radius 1 is 0.947 bits per heavy atom. The summed E-state index contributed by atoms with van der Waals surface area (Å²) in [6.45, 7) is 4.51. The van der Waals surface area contributed by atoms with Crippen LogP contribution in [0.25, 0.3) is 10.2 Å². The molecule has 1 heterocycles. The number of rotatable bonds is 8. The predicted molar refractivity (Wildman–Crippen MR) is 86.1 cm³/mol. The van der Waals surface area contributed by atoms with E-state index in [1.165, 1.54) is 65.7 Å². The van der Waals surface area contributed by atoms with E-state index in [1.807, 2.05) is 11.3 Å². The van der Waals surface area contributed by atoms with Crippen molar-refractivity contribution >= 4 is 21.6 Å². The molecule has 0 aliphatic carbocycles. The lowest BCUT2D eigenvalue weighted by molar-refractivity contribution is 0.713. The van der Waals surface area contributed by atoms with Gasteiger partial charge in [0.2, 0.25) is 0 Å². The Morgan fingerprint density at radius 3 is 2.42 bits per heavy atom. The van der Waals surface area contributed by atoms with Gasteiger partial charge in [0.1, 0.15) is 0 Å². The Morgan fingerprint density at radius 2 is 1.68 bits per heavy atom. The predicted octanol–water partition coefficient (Wildman–Crippen LogP) is 5.76. The van der Waals surface area contributed by atoms with Crippen molar-refractivity contribution in [3.05, 3.63) is 28.8 Å². The lowest BCUT2D eigenvalue weighted by atomic mass is 10.1. The topological polar surface area (TPSA) is 12.9 Å². The summed E-state index contributed by atoms with van der Waals surface area (Å²) in [6.07, 6.45) is 10.1. The maximum Gasteiger partial charge on any atom is 0.0938 e. The Kier molecular flexibility index (Phi) is 5.84. The van der Waals surface area contributed by atoms with Gasteiger partial charge in [-0.3, -0.25) is 0 Å². The molecule has 0 N–H and O–H groups in total. The highest BCUT2D eigenvalue weighted by molar-refractivity contribution is 7.18. The highest BCUT2D eigenvalue weighted by atomic mass is 32.1. The second-order valence-corrected chi connectivity index (χ2v) is 6.40. The van der Waals surface area contributed by atoms with Gasteiger partial charge in [0.25, 0.3) is 0 Å². The SMILES string of the molecule is CCCCCc1nc2c(CCCCC)cccc2s1. The fraction of sp³-hybridized carbons (Fsp3) is 0.588. The molecule has 0 saturated carbocycles. The number of nitrogens with zero attached hydrogens (tertiary/aromatic N) is 1. The maximum atomic E-state index is 4.88. The van der Waals surface area contributed by atoms with Crippen LogP contribution in [0.4, 0.5) is 0 Å². The van der Waals surface area contributed by atoms with Crippen molar-refractivity contribution < 1.29 is 0 Å². The zero-order valence-corrected chi connectivity index (χ0v) is 13.1. The third-order valence-corrected chi connectivity index (χ3v) is 4.67. The second kappa shape index (κ2) is 7.64. The van der Waals surface area contributed by atoms with Crippen molar-refractivity contribution in [1.29, 1.82) is 0 Å². The highest BCUT2D eigenvalue weighted by Gasteiger charge is 2.07. The number of fused-ring (bicyclic) bond motifs is 1. The van der Waals surface area contributed by atoms with Gasteiger partial charge < -0.3 is 0 Å². The van der Waals surface area contributed by atoms with Crippen LogP contribution in [0.2, 0.25) is 0 Å². The van der Waals surface area contributed by atoms with E-state index in [1.54, 1.807) is 0 Å². The van der Waals surface area contributed by atoms with Crippen LogP contribution in [-0.4, -0.2) is 4.98 Å². The van der Waals surface area contributed by atoms with Crippen LogP contribution in [-0.2, 0) is 12.8 Å². The number of hydrogen-bond acceptors (Lipinski definition) is 2. The van der Waals surface area contributed by atoms with Crippen molar-refractivity contribution in [2.45, 2.75) is 65.2 Å². The van der Waals surface area contributed by atoms with E-state index >= 15 is 0 Å². The summed E-state index contributed by atoms with van der Waals surface area (Å²) in [4.78, 5) is 4.88. The Hall–Kier alpha value is -0.890. The van der Waals surface area contributed by atoms with Gasteiger partial charge in [-0.15, -0.1) is 11.3 Å². The molecule has 2 rings (SSSR count). The lowest BCUT2D eigenvalue weighted by Gasteiger charge is -2.01. The van der Waals surface area contributed by atoms with Crippen LogP contribution in [0.15, 0.2) is 18.2 Å². The molecule has 0 spiro atoms. The van der Waals surface area contributed by atoms with Gasteiger partial charge in [-0.05, 0) is 37.3 Å². The number of benzene rings is 1. The van der Waals surface area contributed by atoms with Crippen LogP contribution < -0.4 is 0 Å². The molecule has 0 aliphatic rings.